The van der Waals surface area contributed by atoms with E-state index >= 15 is 0 Å². The SMILES string of the molecule is COc1ncc(-c2ccc(C(=O)O)cc2C)cc1-c1ccc(C(F)(F)F)nc1C1CCC2C1=NOC2c1cc(C(F)(F)F)cc(C(F)(F)F)c1. The van der Waals surface area contributed by atoms with Crippen LogP contribution in [0.1, 0.15) is 68.9 Å². The van der Waals surface area contributed by atoms with Gasteiger partial charge in [-0.3, -0.25) is 0 Å². The van der Waals surface area contributed by atoms with Gasteiger partial charge in [-0.05, 0) is 78.9 Å². The van der Waals surface area contributed by atoms with E-state index in [4.69, 9.17) is 9.57 Å². The molecular weight excluding hydrogens is 685 g/mol. The van der Waals surface area contributed by atoms with Gasteiger partial charge in [-0.15, -0.1) is 0 Å². The predicted molar refractivity (Wildman–Crippen MR) is 159 cm³/mol. The first kappa shape index (κ1) is 34.7. The summed E-state index contributed by atoms with van der Waals surface area (Å²) in [4.78, 5) is 25.2. The number of oxime groups is 1. The van der Waals surface area contributed by atoms with Gasteiger partial charge in [-0.2, -0.15) is 39.5 Å². The summed E-state index contributed by atoms with van der Waals surface area (Å²) in [7, 11) is 1.30. The molecular formula is C34H24F9N3O4. The molecule has 16 heteroatoms. The summed E-state index contributed by atoms with van der Waals surface area (Å²) in [5, 5.41) is 13.4. The average molecular weight is 710 g/mol. The molecule has 50 heavy (non-hydrogen) atoms. The molecule has 2 aromatic heterocycles. The van der Waals surface area contributed by atoms with E-state index in [-0.39, 0.29) is 52.9 Å². The normalized spacial score (nSPS) is 19.2. The van der Waals surface area contributed by atoms with Gasteiger partial charge < -0.3 is 14.7 Å². The smallest absolute Gasteiger partial charge is 0.433 e. The fraction of sp³-hybridized carbons (Fsp3) is 0.294. The third-order valence-electron chi connectivity index (χ3n) is 8.74. The lowest BCUT2D eigenvalue weighted by atomic mass is 9.88. The van der Waals surface area contributed by atoms with Crippen LogP contribution in [0.3, 0.4) is 0 Å². The Kier molecular flexibility index (Phi) is 8.55. The van der Waals surface area contributed by atoms with E-state index in [1.165, 1.54) is 31.5 Å². The Hall–Kier alpha value is -5.15. The summed E-state index contributed by atoms with van der Waals surface area (Å²) in [6.07, 6.45) is -14.8. The average Bonchev–Trinajstić information content (AvgIpc) is 3.65. The maximum Gasteiger partial charge on any atom is 0.433 e. The number of alkyl halides is 9. The molecule has 3 atom stereocenters. The molecule has 6 rings (SSSR count). The number of aryl methyl sites for hydroxylation is 1. The quantitative estimate of drug-likeness (QED) is 0.201. The Morgan fingerprint density at radius 3 is 2.08 bits per heavy atom. The summed E-state index contributed by atoms with van der Waals surface area (Å²) >= 11 is 0. The minimum atomic E-state index is -5.11. The number of hydrogen-bond acceptors (Lipinski definition) is 6. The van der Waals surface area contributed by atoms with Gasteiger partial charge in [0.25, 0.3) is 0 Å². The molecule has 0 spiro atoms. The van der Waals surface area contributed by atoms with Gasteiger partial charge in [0.1, 0.15) is 5.69 Å². The molecule has 0 amide bonds. The number of carboxylic acid groups (broad SMARTS) is 1. The van der Waals surface area contributed by atoms with Crippen molar-refractivity contribution in [3.05, 3.63) is 100.0 Å². The number of hydrogen-bond donors (Lipinski definition) is 1. The number of halogens is 9. The van der Waals surface area contributed by atoms with Crippen LogP contribution in [0.25, 0.3) is 22.3 Å². The number of benzene rings is 2. The van der Waals surface area contributed by atoms with Gasteiger partial charge in [-0.1, -0.05) is 17.3 Å². The first-order chi connectivity index (χ1) is 23.4. The molecule has 7 nitrogen and oxygen atoms in total. The highest BCUT2D eigenvalue weighted by Crippen LogP contribution is 2.51. The highest BCUT2D eigenvalue weighted by molar-refractivity contribution is 5.97. The number of ether oxygens (including phenoxy) is 1. The maximum absolute atomic E-state index is 14.0. The van der Waals surface area contributed by atoms with E-state index in [2.05, 4.69) is 15.1 Å². The molecule has 1 saturated carbocycles. The van der Waals surface area contributed by atoms with Crippen molar-refractivity contribution in [1.82, 2.24) is 9.97 Å². The second-order valence-electron chi connectivity index (χ2n) is 11.9. The molecule has 1 aliphatic heterocycles. The second-order valence-corrected chi connectivity index (χ2v) is 11.9. The standard InChI is InChI=1S/C34H24F9N3O4/c1-15-9-16(31(47)48)3-4-21(15)18-12-25(30(49-2)44-14-18)22-7-8-26(34(41,42)43)45-27(22)23-5-6-24-28(23)46-50-29(24)17-10-19(32(35,36)37)13-20(11-17)33(38,39)40/h3-4,7-14,23-24,29H,5-6H2,1-2H3,(H,47,48). The van der Waals surface area contributed by atoms with Gasteiger partial charge in [0.05, 0.1) is 35.2 Å². The number of methoxy groups -OCH3 is 1. The second kappa shape index (κ2) is 12.3. The van der Waals surface area contributed by atoms with Gasteiger partial charge in [0, 0.05) is 34.7 Å². The van der Waals surface area contributed by atoms with Gasteiger partial charge in [0.2, 0.25) is 5.88 Å². The van der Waals surface area contributed by atoms with E-state index in [0.29, 0.717) is 28.8 Å². The number of fused-ring (bicyclic) bond motifs is 1. The third kappa shape index (κ3) is 6.45. The number of pyridine rings is 2. The van der Waals surface area contributed by atoms with E-state index in [9.17, 15) is 49.4 Å². The van der Waals surface area contributed by atoms with E-state index in [1.807, 2.05) is 0 Å². The number of aromatic carboxylic acids is 1. The molecule has 4 aromatic rings. The van der Waals surface area contributed by atoms with Gasteiger partial charge in [0.15, 0.2) is 6.10 Å². The largest absolute Gasteiger partial charge is 0.481 e. The summed E-state index contributed by atoms with van der Waals surface area (Å²) < 4.78 is 129. The van der Waals surface area contributed by atoms with E-state index in [0.717, 1.165) is 6.07 Å². The topological polar surface area (TPSA) is 93.9 Å². The summed E-state index contributed by atoms with van der Waals surface area (Å²) in [6, 6.07) is 9.01. The van der Waals surface area contributed by atoms with Crippen LogP contribution in [0, 0.1) is 12.8 Å². The fourth-order valence-corrected chi connectivity index (χ4v) is 6.44. The van der Waals surface area contributed by atoms with Crippen LogP contribution in [0.5, 0.6) is 5.88 Å². The zero-order valence-electron chi connectivity index (χ0n) is 25.8. The van der Waals surface area contributed by atoms with Crippen LogP contribution in [-0.2, 0) is 23.4 Å². The Bertz CT molecular complexity index is 1990. The molecule has 3 unspecified atom stereocenters. The molecule has 262 valence electrons. The lowest BCUT2D eigenvalue weighted by Gasteiger charge is -2.20. The molecule has 2 aliphatic rings. The minimum Gasteiger partial charge on any atom is -0.481 e. The highest BCUT2D eigenvalue weighted by atomic mass is 19.4. The Labute approximate surface area is 277 Å². The zero-order chi connectivity index (χ0) is 36.3. The van der Waals surface area contributed by atoms with Crippen molar-refractivity contribution in [2.24, 2.45) is 11.1 Å². The summed E-state index contributed by atoms with van der Waals surface area (Å²) in [6.45, 7) is 1.67. The van der Waals surface area contributed by atoms with Crippen molar-refractivity contribution < 1.29 is 59.0 Å². The van der Waals surface area contributed by atoms with Crippen LogP contribution in [0.4, 0.5) is 39.5 Å². The molecule has 3 heterocycles. The predicted octanol–water partition coefficient (Wildman–Crippen LogP) is 9.50. The number of carbonyl (C=O) groups is 1. The van der Waals surface area contributed by atoms with Crippen LogP contribution in [0.2, 0.25) is 0 Å². The zero-order valence-corrected chi connectivity index (χ0v) is 25.8. The van der Waals surface area contributed by atoms with Gasteiger partial charge >= 0.3 is 24.5 Å². The van der Waals surface area contributed by atoms with Gasteiger partial charge in [-0.25, -0.2) is 14.8 Å². The van der Waals surface area contributed by atoms with Crippen molar-refractivity contribution in [2.75, 3.05) is 7.11 Å². The van der Waals surface area contributed by atoms with Crippen LogP contribution in [0.15, 0.2) is 65.9 Å². The first-order valence-corrected chi connectivity index (χ1v) is 14.9. The summed E-state index contributed by atoms with van der Waals surface area (Å²) in [5.74, 6) is -2.97. The molecule has 1 N–H and O–H groups in total. The van der Waals surface area contributed by atoms with Crippen LogP contribution >= 0.6 is 0 Å². The van der Waals surface area contributed by atoms with Crippen molar-refractivity contribution in [3.63, 3.8) is 0 Å². The van der Waals surface area contributed by atoms with E-state index in [1.54, 1.807) is 19.1 Å². The molecule has 0 bridgehead atoms. The number of aromatic nitrogens is 2. The Morgan fingerprint density at radius 2 is 1.50 bits per heavy atom. The molecule has 1 aliphatic carbocycles. The lowest BCUT2D eigenvalue weighted by Crippen LogP contribution is -2.19. The molecule has 2 aromatic carbocycles. The Balaban J connectivity index is 1.44. The number of carboxylic acids is 1. The molecule has 1 fully saturated rings. The van der Waals surface area contributed by atoms with Crippen molar-refractivity contribution in [2.45, 2.75) is 50.3 Å². The van der Waals surface area contributed by atoms with Crippen LogP contribution in [-0.4, -0.2) is 33.9 Å². The third-order valence-corrected chi connectivity index (χ3v) is 8.74. The molecule has 0 radical (unpaired) electrons. The number of rotatable bonds is 6. The van der Waals surface area contributed by atoms with E-state index < -0.39 is 64.8 Å². The van der Waals surface area contributed by atoms with Crippen molar-refractivity contribution >= 4 is 11.7 Å². The first-order valence-electron chi connectivity index (χ1n) is 14.9. The fourth-order valence-electron chi connectivity index (χ4n) is 6.44. The lowest BCUT2D eigenvalue weighted by molar-refractivity contribution is -0.143. The maximum atomic E-state index is 14.0. The minimum absolute atomic E-state index is 0.00590. The van der Waals surface area contributed by atoms with Crippen molar-refractivity contribution in [1.29, 1.82) is 0 Å². The molecule has 0 saturated heterocycles. The van der Waals surface area contributed by atoms with Crippen LogP contribution < -0.4 is 4.74 Å². The van der Waals surface area contributed by atoms with Crippen molar-refractivity contribution in [3.8, 4) is 28.1 Å². The summed E-state index contributed by atoms with van der Waals surface area (Å²) in [5.41, 5.74) is -2.74. The Morgan fingerprint density at radius 1 is 0.840 bits per heavy atom. The monoisotopic (exact) mass is 709 g/mol. The highest BCUT2D eigenvalue weighted by Gasteiger charge is 2.48. The number of nitrogens with zero attached hydrogens (tertiary/aromatic N) is 3.